The molecule has 4 heteroatoms. The lowest BCUT2D eigenvalue weighted by Gasteiger charge is -2.34. The summed E-state index contributed by atoms with van der Waals surface area (Å²) in [5.74, 6) is 2.08. The van der Waals surface area contributed by atoms with Crippen molar-refractivity contribution < 1.29 is 13.9 Å². The maximum atomic E-state index is 11.3. The van der Waals surface area contributed by atoms with E-state index < -0.39 is 5.97 Å². The fourth-order valence-corrected chi connectivity index (χ4v) is 2.78. The predicted molar refractivity (Wildman–Crippen MR) is 72.9 cm³/mol. The highest BCUT2D eigenvalue weighted by molar-refractivity contribution is 5.86. The minimum atomic E-state index is -0.425. The summed E-state index contributed by atoms with van der Waals surface area (Å²) in [6.45, 7) is 5.29. The smallest absolute Gasteiger partial charge is 0.373 e. The van der Waals surface area contributed by atoms with Crippen molar-refractivity contribution in [3.63, 3.8) is 0 Å². The van der Waals surface area contributed by atoms with Gasteiger partial charge in [0.1, 0.15) is 5.76 Å². The first-order valence-corrected chi connectivity index (χ1v) is 7.02. The Morgan fingerprint density at radius 3 is 2.95 bits per heavy atom. The van der Waals surface area contributed by atoms with Crippen LogP contribution in [0.1, 0.15) is 49.4 Å². The summed E-state index contributed by atoms with van der Waals surface area (Å²) in [4.78, 5) is 11.3. The lowest BCUT2D eigenvalue weighted by atomic mass is 9.78. The Bertz CT molecular complexity index is 427. The summed E-state index contributed by atoms with van der Waals surface area (Å²) in [5.41, 5.74) is 0. The van der Waals surface area contributed by atoms with E-state index in [1.54, 1.807) is 6.07 Å². The van der Waals surface area contributed by atoms with E-state index >= 15 is 0 Å². The van der Waals surface area contributed by atoms with Crippen LogP contribution in [-0.4, -0.2) is 19.1 Å². The van der Waals surface area contributed by atoms with Gasteiger partial charge in [-0.05, 0) is 30.4 Å². The summed E-state index contributed by atoms with van der Waals surface area (Å²) in [7, 11) is 1.36. The van der Waals surface area contributed by atoms with Gasteiger partial charge in [0.2, 0.25) is 5.76 Å². The van der Waals surface area contributed by atoms with E-state index in [1.165, 1.54) is 26.4 Å². The molecule has 1 aliphatic carbocycles. The molecule has 3 atom stereocenters. The fourth-order valence-electron chi connectivity index (χ4n) is 2.78. The van der Waals surface area contributed by atoms with Crippen LogP contribution in [0.3, 0.4) is 0 Å². The lowest BCUT2D eigenvalue weighted by Crippen LogP contribution is -2.40. The second-order valence-corrected chi connectivity index (χ2v) is 5.51. The molecule has 19 heavy (non-hydrogen) atoms. The zero-order valence-electron chi connectivity index (χ0n) is 11.9. The molecule has 4 nitrogen and oxygen atoms in total. The van der Waals surface area contributed by atoms with E-state index in [2.05, 4.69) is 23.9 Å². The fraction of sp³-hybridized carbons (Fsp3) is 0.667. The second kappa shape index (κ2) is 6.24. The van der Waals surface area contributed by atoms with Crippen LogP contribution < -0.4 is 5.32 Å². The molecular weight excluding hydrogens is 242 g/mol. The number of hydrogen-bond donors (Lipinski definition) is 1. The van der Waals surface area contributed by atoms with Crippen LogP contribution in [0.5, 0.6) is 0 Å². The molecule has 0 aromatic carbocycles. The molecule has 1 aromatic rings. The van der Waals surface area contributed by atoms with Gasteiger partial charge in [-0.1, -0.05) is 26.7 Å². The first kappa shape index (κ1) is 14.1. The van der Waals surface area contributed by atoms with Crippen LogP contribution >= 0.6 is 0 Å². The summed E-state index contributed by atoms with van der Waals surface area (Å²) in [6, 6.07) is 4.03. The molecule has 3 unspecified atom stereocenters. The van der Waals surface area contributed by atoms with Gasteiger partial charge in [0, 0.05) is 6.04 Å². The first-order valence-electron chi connectivity index (χ1n) is 7.02. The molecule has 1 N–H and O–H groups in total. The first-order chi connectivity index (χ1) is 9.11. The maximum absolute atomic E-state index is 11.3. The van der Waals surface area contributed by atoms with Gasteiger partial charge in [-0.25, -0.2) is 4.79 Å². The van der Waals surface area contributed by atoms with Crippen LogP contribution in [0.25, 0.3) is 0 Å². The highest BCUT2D eigenvalue weighted by atomic mass is 16.5. The molecule has 1 aromatic heterocycles. The van der Waals surface area contributed by atoms with Crippen LogP contribution in [0.4, 0.5) is 0 Å². The third kappa shape index (κ3) is 3.38. The summed E-state index contributed by atoms with van der Waals surface area (Å²) in [6.07, 6.45) is 3.83. The highest BCUT2D eigenvalue weighted by Gasteiger charge is 2.26. The lowest BCUT2D eigenvalue weighted by molar-refractivity contribution is 0.0562. The molecule has 0 radical (unpaired) electrons. The van der Waals surface area contributed by atoms with Crippen molar-refractivity contribution in [3.05, 3.63) is 23.7 Å². The summed E-state index contributed by atoms with van der Waals surface area (Å²) in [5, 5.41) is 3.54. The van der Waals surface area contributed by atoms with E-state index in [4.69, 9.17) is 4.42 Å². The van der Waals surface area contributed by atoms with Gasteiger partial charge in [-0.2, -0.15) is 0 Å². The molecule has 0 amide bonds. The van der Waals surface area contributed by atoms with Gasteiger partial charge < -0.3 is 14.5 Å². The Balaban J connectivity index is 1.88. The van der Waals surface area contributed by atoms with Crippen molar-refractivity contribution >= 4 is 5.97 Å². The minimum Gasteiger partial charge on any atom is -0.463 e. The topological polar surface area (TPSA) is 51.5 Å². The Hall–Kier alpha value is -1.29. The van der Waals surface area contributed by atoms with Crippen molar-refractivity contribution in [2.24, 2.45) is 11.8 Å². The molecule has 106 valence electrons. The average Bonchev–Trinajstić information content (AvgIpc) is 2.88. The highest BCUT2D eigenvalue weighted by Crippen LogP contribution is 2.29. The quantitative estimate of drug-likeness (QED) is 0.850. The number of carbonyl (C=O) groups is 1. The number of nitrogens with one attached hydrogen (secondary N) is 1. The number of ether oxygens (including phenoxy) is 1. The standard InChI is InChI=1S/C15H23NO3/c1-10-5-4-6-13(11(10)2)16-9-12-7-8-14(19-12)15(17)18-3/h7-8,10-11,13,16H,4-6,9H2,1-3H3. The van der Waals surface area contributed by atoms with Crippen LogP contribution in [0, 0.1) is 11.8 Å². The Kier molecular flexibility index (Phi) is 4.64. The number of esters is 1. The van der Waals surface area contributed by atoms with Crippen molar-refractivity contribution in [3.8, 4) is 0 Å². The molecule has 1 aliphatic rings. The minimum absolute atomic E-state index is 0.268. The third-order valence-electron chi connectivity index (χ3n) is 4.29. The Morgan fingerprint density at radius 1 is 1.42 bits per heavy atom. The molecule has 0 aliphatic heterocycles. The number of rotatable bonds is 4. The van der Waals surface area contributed by atoms with E-state index in [0.29, 0.717) is 18.5 Å². The summed E-state index contributed by atoms with van der Waals surface area (Å²) >= 11 is 0. The second-order valence-electron chi connectivity index (χ2n) is 5.51. The van der Waals surface area contributed by atoms with Crippen molar-refractivity contribution in [1.29, 1.82) is 0 Å². The SMILES string of the molecule is COC(=O)c1ccc(CNC2CCCC(C)C2C)o1. The number of methoxy groups -OCH3 is 1. The van der Waals surface area contributed by atoms with Crippen LogP contribution in [0.15, 0.2) is 16.5 Å². The normalized spacial score (nSPS) is 27.2. The van der Waals surface area contributed by atoms with Crippen molar-refractivity contribution in [1.82, 2.24) is 5.32 Å². The van der Waals surface area contributed by atoms with E-state index in [-0.39, 0.29) is 5.76 Å². The van der Waals surface area contributed by atoms with Gasteiger partial charge in [0.15, 0.2) is 0 Å². The van der Waals surface area contributed by atoms with Gasteiger partial charge in [0.25, 0.3) is 0 Å². The van der Waals surface area contributed by atoms with E-state index in [0.717, 1.165) is 11.7 Å². The Labute approximate surface area is 114 Å². The molecule has 0 spiro atoms. The van der Waals surface area contributed by atoms with Gasteiger partial charge in [0.05, 0.1) is 13.7 Å². The number of hydrogen-bond acceptors (Lipinski definition) is 4. The Morgan fingerprint density at radius 2 is 2.21 bits per heavy atom. The van der Waals surface area contributed by atoms with Gasteiger partial charge in [-0.15, -0.1) is 0 Å². The monoisotopic (exact) mass is 265 g/mol. The van der Waals surface area contributed by atoms with Gasteiger partial charge >= 0.3 is 5.97 Å². The van der Waals surface area contributed by atoms with Gasteiger partial charge in [-0.3, -0.25) is 0 Å². The average molecular weight is 265 g/mol. The third-order valence-corrected chi connectivity index (χ3v) is 4.29. The number of furan rings is 1. The molecule has 1 fully saturated rings. The molecule has 2 rings (SSSR count). The number of carbonyl (C=O) groups excluding carboxylic acids is 1. The maximum Gasteiger partial charge on any atom is 0.373 e. The van der Waals surface area contributed by atoms with Crippen molar-refractivity contribution in [2.45, 2.75) is 45.7 Å². The molecule has 0 bridgehead atoms. The molecular formula is C15H23NO3. The zero-order valence-corrected chi connectivity index (χ0v) is 11.9. The van der Waals surface area contributed by atoms with Crippen LogP contribution in [-0.2, 0) is 11.3 Å². The van der Waals surface area contributed by atoms with E-state index in [9.17, 15) is 4.79 Å². The predicted octanol–water partition coefficient (Wildman–Crippen LogP) is 2.98. The largest absolute Gasteiger partial charge is 0.463 e. The van der Waals surface area contributed by atoms with Crippen LogP contribution in [0.2, 0.25) is 0 Å². The van der Waals surface area contributed by atoms with Crippen molar-refractivity contribution in [2.75, 3.05) is 7.11 Å². The molecule has 1 saturated carbocycles. The zero-order chi connectivity index (χ0) is 13.8. The molecule has 1 heterocycles. The molecule has 0 saturated heterocycles. The summed E-state index contributed by atoms with van der Waals surface area (Å²) < 4.78 is 10.1. The van der Waals surface area contributed by atoms with E-state index in [1.807, 2.05) is 6.07 Å².